The number of fused-ring (bicyclic) bond motifs is 1. The highest BCUT2D eigenvalue weighted by atomic mass is 16.4. The van der Waals surface area contributed by atoms with Gasteiger partial charge in [0, 0.05) is 41.5 Å². The van der Waals surface area contributed by atoms with Gasteiger partial charge in [0.1, 0.15) is 11.4 Å². The lowest BCUT2D eigenvalue weighted by Gasteiger charge is -2.11. The van der Waals surface area contributed by atoms with Crippen molar-refractivity contribution >= 4 is 22.7 Å². The number of hydrogen-bond donors (Lipinski definition) is 2. The summed E-state index contributed by atoms with van der Waals surface area (Å²) in [4.78, 5) is 32.4. The van der Waals surface area contributed by atoms with Crippen molar-refractivity contribution < 1.29 is 9.21 Å². The number of urea groups is 1. The second-order valence-corrected chi connectivity index (χ2v) is 6.61. The highest BCUT2D eigenvalue weighted by molar-refractivity contribution is 5.94. The van der Waals surface area contributed by atoms with E-state index in [0.29, 0.717) is 30.1 Å². The number of benzene rings is 1. The van der Waals surface area contributed by atoms with Gasteiger partial charge in [-0.15, -0.1) is 0 Å². The van der Waals surface area contributed by atoms with Crippen LogP contribution >= 0.6 is 0 Å². The molecule has 3 rings (SSSR count). The Labute approximate surface area is 156 Å². The molecule has 0 aliphatic rings. The zero-order valence-electron chi connectivity index (χ0n) is 15.8. The van der Waals surface area contributed by atoms with Gasteiger partial charge in [-0.1, -0.05) is 0 Å². The minimum absolute atomic E-state index is 0.308. The predicted molar refractivity (Wildman–Crippen MR) is 104 cm³/mol. The fourth-order valence-corrected chi connectivity index (χ4v) is 2.97. The van der Waals surface area contributed by atoms with Crippen molar-refractivity contribution in [3.8, 4) is 0 Å². The van der Waals surface area contributed by atoms with Crippen LogP contribution in [-0.2, 0) is 6.42 Å². The summed E-state index contributed by atoms with van der Waals surface area (Å²) in [6, 6.07) is 6.61. The van der Waals surface area contributed by atoms with Crippen LogP contribution in [0.2, 0.25) is 0 Å². The summed E-state index contributed by atoms with van der Waals surface area (Å²) in [5.41, 5.74) is 4.23. The number of aryl methyl sites for hydroxylation is 4. The Morgan fingerprint density at radius 1 is 1.00 bits per heavy atom. The predicted octanol–water partition coefficient (Wildman–Crippen LogP) is 3.18. The van der Waals surface area contributed by atoms with E-state index in [0.717, 1.165) is 27.9 Å². The number of nitrogens with one attached hydrogen (secondary N) is 2. The average molecular weight is 366 g/mol. The largest absolute Gasteiger partial charge is 0.423 e. The first-order valence-corrected chi connectivity index (χ1v) is 8.73. The molecule has 0 spiro atoms. The van der Waals surface area contributed by atoms with Gasteiger partial charge < -0.3 is 15.1 Å². The van der Waals surface area contributed by atoms with E-state index in [9.17, 15) is 9.59 Å². The molecule has 0 aliphatic heterocycles. The van der Waals surface area contributed by atoms with E-state index in [2.05, 4.69) is 20.6 Å². The third-order valence-electron chi connectivity index (χ3n) is 4.21. The fraction of sp³-hybridized carbons (Fsp3) is 0.300. The molecule has 2 N–H and O–H groups in total. The quantitative estimate of drug-likeness (QED) is 0.691. The van der Waals surface area contributed by atoms with Gasteiger partial charge in [0.05, 0.1) is 0 Å². The van der Waals surface area contributed by atoms with Gasteiger partial charge in [-0.05, 0) is 57.0 Å². The first-order chi connectivity index (χ1) is 12.8. The third-order valence-corrected chi connectivity index (χ3v) is 4.21. The van der Waals surface area contributed by atoms with Gasteiger partial charge in [-0.3, -0.25) is 0 Å². The standard InChI is InChI=1S/C20H22N4O3/c1-11-8-19(25)27-17-7-12(2)16(10-15(11)17)24-20(26)21-6-5-18-22-13(3)9-14(4)23-18/h7-10H,5-6H2,1-4H3,(H2,21,24,26). The summed E-state index contributed by atoms with van der Waals surface area (Å²) < 4.78 is 5.22. The van der Waals surface area contributed by atoms with E-state index >= 15 is 0 Å². The van der Waals surface area contributed by atoms with Crippen LogP contribution in [0.1, 0.15) is 28.3 Å². The average Bonchev–Trinajstić information content (AvgIpc) is 2.55. The molecule has 2 amide bonds. The van der Waals surface area contributed by atoms with Crippen molar-refractivity contribution in [2.24, 2.45) is 0 Å². The van der Waals surface area contributed by atoms with E-state index in [1.165, 1.54) is 6.07 Å². The van der Waals surface area contributed by atoms with Crippen molar-refractivity contribution in [2.75, 3.05) is 11.9 Å². The van der Waals surface area contributed by atoms with Crippen LogP contribution < -0.4 is 16.3 Å². The Morgan fingerprint density at radius 3 is 2.41 bits per heavy atom. The third kappa shape index (κ3) is 4.49. The first kappa shape index (κ1) is 18.6. The van der Waals surface area contributed by atoms with Crippen molar-refractivity contribution in [2.45, 2.75) is 34.1 Å². The zero-order chi connectivity index (χ0) is 19.6. The number of amides is 2. The molecular formula is C20H22N4O3. The monoisotopic (exact) mass is 366 g/mol. The van der Waals surface area contributed by atoms with Crippen LogP contribution in [0.3, 0.4) is 0 Å². The number of hydrogen-bond acceptors (Lipinski definition) is 5. The van der Waals surface area contributed by atoms with E-state index in [1.54, 1.807) is 6.07 Å². The smallest absolute Gasteiger partial charge is 0.336 e. The molecule has 1 aromatic carbocycles. The SMILES string of the molecule is Cc1cc(C)nc(CCNC(=O)Nc2cc3c(C)cc(=O)oc3cc2C)n1. The van der Waals surface area contributed by atoms with Crippen molar-refractivity contribution in [1.82, 2.24) is 15.3 Å². The van der Waals surface area contributed by atoms with E-state index in [-0.39, 0.29) is 11.7 Å². The number of aromatic nitrogens is 2. The molecule has 0 bridgehead atoms. The summed E-state index contributed by atoms with van der Waals surface area (Å²) in [6.07, 6.45) is 0.552. The van der Waals surface area contributed by atoms with Crippen LogP contribution in [0.15, 0.2) is 33.5 Å². The summed E-state index contributed by atoms with van der Waals surface area (Å²) >= 11 is 0. The Hall–Kier alpha value is -3.22. The van der Waals surface area contributed by atoms with Crippen LogP contribution in [0.5, 0.6) is 0 Å². The Kier molecular flexibility index (Phi) is 5.21. The molecule has 0 unspecified atom stereocenters. The second-order valence-electron chi connectivity index (χ2n) is 6.61. The first-order valence-electron chi connectivity index (χ1n) is 8.73. The maximum atomic E-state index is 12.2. The minimum Gasteiger partial charge on any atom is -0.423 e. The van der Waals surface area contributed by atoms with Crippen LogP contribution in [0.25, 0.3) is 11.0 Å². The lowest BCUT2D eigenvalue weighted by atomic mass is 10.1. The van der Waals surface area contributed by atoms with Crippen LogP contribution in [-0.4, -0.2) is 22.5 Å². The fourth-order valence-electron chi connectivity index (χ4n) is 2.97. The summed E-state index contributed by atoms with van der Waals surface area (Å²) in [6.45, 7) is 7.95. The topological polar surface area (TPSA) is 97.1 Å². The molecule has 2 aromatic heterocycles. The molecule has 0 radical (unpaired) electrons. The van der Waals surface area contributed by atoms with Gasteiger partial charge in [-0.25, -0.2) is 19.6 Å². The molecule has 0 aliphatic carbocycles. The van der Waals surface area contributed by atoms with E-state index in [4.69, 9.17) is 4.42 Å². The number of anilines is 1. The van der Waals surface area contributed by atoms with Gasteiger partial charge in [0.25, 0.3) is 0 Å². The Morgan fingerprint density at radius 2 is 1.70 bits per heavy atom. The maximum Gasteiger partial charge on any atom is 0.336 e. The normalized spacial score (nSPS) is 10.8. The molecule has 0 atom stereocenters. The Balaban J connectivity index is 1.67. The molecule has 3 aromatic rings. The van der Waals surface area contributed by atoms with E-state index < -0.39 is 0 Å². The lowest BCUT2D eigenvalue weighted by molar-refractivity contribution is 0.252. The van der Waals surface area contributed by atoms with Crippen molar-refractivity contribution in [3.63, 3.8) is 0 Å². The van der Waals surface area contributed by atoms with Crippen molar-refractivity contribution in [3.05, 3.63) is 63.0 Å². The molecule has 0 saturated carbocycles. The maximum absolute atomic E-state index is 12.2. The van der Waals surface area contributed by atoms with Gasteiger partial charge in [-0.2, -0.15) is 0 Å². The van der Waals surface area contributed by atoms with Gasteiger partial charge >= 0.3 is 11.7 Å². The molecule has 2 heterocycles. The highest BCUT2D eigenvalue weighted by Gasteiger charge is 2.10. The zero-order valence-corrected chi connectivity index (χ0v) is 15.8. The van der Waals surface area contributed by atoms with E-state index in [1.807, 2.05) is 39.8 Å². The van der Waals surface area contributed by atoms with Crippen LogP contribution in [0.4, 0.5) is 10.5 Å². The summed E-state index contributed by atoms with van der Waals surface area (Å²) in [5.74, 6) is 0.709. The number of nitrogens with zero attached hydrogens (tertiary/aromatic N) is 2. The molecule has 0 saturated heterocycles. The summed E-state index contributed by atoms with van der Waals surface area (Å²) in [7, 11) is 0. The minimum atomic E-state index is -0.383. The number of rotatable bonds is 4. The molecule has 140 valence electrons. The summed E-state index contributed by atoms with van der Waals surface area (Å²) in [5, 5.41) is 6.45. The molecule has 7 heteroatoms. The number of carbonyl (C=O) groups is 1. The van der Waals surface area contributed by atoms with Crippen molar-refractivity contribution in [1.29, 1.82) is 0 Å². The Bertz CT molecular complexity index is 1050. The number of carbonyl (C=O) groups excluding carboxylic acids is 1. The molecule has 0 fully saturated rings. The molecule has 7 nitrogen and oxygen atoms in total. The molecule has 27 heavy (non-hydrogen) atoms. The van der Waals surface area contributed by atoms with Gasteiger partial charge in [0.2, 0.25) is 0 Å². The molecular weight excluding hydrogens is 344 g/mol. The highest BCUT2D eigenvalue weighted by Crippen LogP contribution is 2.24. The van der Waals surface area contributed by atoms with Crippen LogP contribution in [0, 0.1) is 27.7 Å². The lowest BCUT2D eigenvalue weighted by Crippen LogP contribution is -2.31. The second kappa shape index (κ2) is 7.57. The van der Waals surface area contributed by atoms with Gasteiger partial charge in [0.15, 0.2) is 0 Å².